The van der Waals surface area contributed by atoms with E-state index in [9.17, 15) is 0 Å². The molecule has 3 nitrogen and oxygen atoms in total. The molecule has 2 aliphatic rings. The van der Waals surface area contributed by atoms with E-state index in [-0.39, 0.29) is 6.04 Å². The summed E-state index contributed by atoms with van der Waals surface area (Å²) in [5, 5.41) is 3.62. The Hall–Kier alpha value is -2.00. The van der Waals surface area contributed by atoms with Crippen molar-refractivity contribution in [2.45, 2.75) is 25.8 Å². The van der Waals surface area contributed by atoms with Crippen LogP contribution in [0.4, 0.5) is 0 Å². The lowest BCUT2D eigenvalue weighted by molar-refractivity contribution is 0.174. The van der Waals surface area contributed by atoms with Crippen LogP contribution in [0.2, 0.25) is 0 Å². The molecule has 0 fully saturated rings. The van der Waals surface area contributed by atoms with Crippen LogP contribution in [0.3, 0.4) is 0 Å². The smallest absolute Gasteiger partial charge is 0.231 e. The summed E-state index contributed by atoms with van der Waals surface area (Å²) in [7, 11) is 0. The van der Waals surface area contributed by atoms with Gasteiger partial charge in [0.2, 0.25) is 6.79 Å². The number of benzene rings is 2. The third kappa shape index (κ3) is 2.18. The summed E-state index contributed by atoms with van der Waals surface area (Å²) >= 11 is 0. The zero-order valence-electron chi connectivity index (χ0n) is 12.2. The number of hydrogen-bond acceptors (Lipinski definition) is 3. The molecular formula is C18H19NO2. The molecule has 21 heavy (non-hydrogen) atoms. The van der Waals surface area contributed by atoms with Gasteiger partial charge in [-0.3, -0.25) is 0 Å². The van der Waals surface area contributed by atoms with Crippen LogP contribution in [-0.2, 0) is 12.8 Å². The Kier molecular flexibility index (Phi) is 3.08. The molecule has 3 heteroatoms. The van der Waals surface area contributed by atoms with Gasteiger partial charge in [-0.15, -0.1) is 0 Å². The second kappa shape index (κ2) is 5.08. The van der Waals surface area contributed by atoms with Crippen LogP contribution in [0.15, 0.2) is 36.4 Å². The maximum Gasteiger partial charge on any atom is 0.231 e. The molecule has 0 aromatic heterocycles. The topological polar surface area (TPSA) is 30.5 Å². The molecule has 0 saturated carbocycles. The quantitative estimate of drug-likeness (QED) is 0.917. The summed E-state index contributed by atoms with van der Waals surface area (Å²) in [6.45, 7) is 3.51. The number of aryl methyl sites for hydroxylation is 1. The molecule has 1 unspecified atom stereocenters. The van der Waals surface area contributed by atoms with Gasteiger partial charge in [-0.25, -0.2) is 0 Å². The fourth-order valence-corrected chi connectivity index (χ4v) is 3.19. The van der Waals surface area contributed by atoms with Gasteiger partial charge in [0.05, 0.1) is 6.04 Å². The van der Waals surface area contributed by atoms with Crippen LogP contribution in [-0.4, -0.2) is 13.3 Å². The van der Waals surface area contributed by atoms with Gasteiger partial charge < -0.3 is 14.8 Å². The minimum Gasteiger partial charge on any atom is -0.454 e. The van der Waals surface area contributed by atoms with E-state index in [0.717, 1.165) is 30.9 Å². The highest BCUT2D eigenvalue weighted by atomic mass is 16.7. The Morgan fingerprint density at radius 1 is 1.10 bits per heavy atom. The molecule has 1 atom stereocenters. The van der Waals surface area contributed by atoms with Gasteiger partial charge in [-0.1, -0.05) is 31.2 Å². The minimum atomic E-state index is 0.245. The lowest BCUT2D eigenvalue weighted by Crippen LogP contribution is -2.30. The van der Waals surface area contributed by atoms with Gasteiger partial charge in [-0.2, -0.15) is 0 Å². The van der Waals surface area contributed by atoms with Crippen molar-refractivity contribution in [3.63, 3.8) is 0 Å². The predicted octanol–water partition coefficient (Wildman–Crippen LogP) is 3.21. The maximum absolute atomic E-state index is 5.54. The predicted molar refractivity (Wildman–Crippen MR) is 81.9 cm³/mol. The van der Waals surface area contributed by atoms with Gasteiger partial charge in [0.25, 0.3) is 0 Å². The lowest BCUT2D eigenvalue weighted by atomic mass is 9.89. The molecule has 4 rings (SSSR count). The van der Waals surface area contributed by atoms with Gasteiger partial charge in [0, 0.05) is 6.54 Å². The highest BCUT2D eigenvalue weighted by Crippen LogP contribution is 2.39. The highest BCUT2D eigenvalue weighted by molar-refractivity contribution is 5.52. The summed E-state index contributed by atoms with van der Waals surface area (Å²) < 4.78 is 11.0. The van der Waals surface area contributed by atoms with E-state index >= 15 is 0 Å². The zero-order chi connectivity index (χ0) is 14.2. The fourth-order valence-electron chi connectivity index (χ4n) is 3.19. The molecule has 0 amide bonds. The van der Waals surface area contributed by atoms with Gasteiger partial charge >= 0.3 is 0 Å². The molecule has 0 radical (unpaired) electrons. The third-order valence-electron chi connectivity index (χ3n) is 4.41. The summed E-state index contributed by atoms with van der Waals surface area (Å²) in [4.78, 5) is 0. The second-order valence-electron chi connectivity index (χ2n) is 5.64. The molecule has 1 N–H and O–H groups in total. The summed E-state index contributed by atoms with van der Waals surface area (Å²) in [5.41, 5.74) is 5.37. The van der Waals surface area contributed by atoms with Gasteiger partial charge in [0.15, 0.2) is 11.5 Å². The number of rotatable bonds is 2. The summed E-state index contributed by atoms with van der Waals surface area (Å²) in [6.07, 6.45) is 2.11. The van der Waals surface area contributed by atoms with E-state index in [1.807, 2.05) is 0 Å². The maximum atomic E-state index is 5.54. The van der Waals surface area contributed by atoms with Crippen LogP contribution in [0.1, 0.15) is 35.2 Å². The summed E-state index contributed by atoms with van der Waals surface area (Å²) in [5.74, 6) is 1.75. The van der Waals surface area contributed by atoms with Crippen molar-refractivity contribution in [2.75, 3.05) is 13.3 Å². The van der Waals surface area contributed by atoms with E-state index in [1.54, 1.807) is 0 Å². The minimum absolute atomic E-state index is 0.245. The number of ether oxygens (including phenoxy) is 2. The Bertz CT molecular complexity index is 664. The normalized spacial score (nSPS) is 19.4. The third-order valence-corrected chi connectivity index (χ3v) is 4.41. The van der Waals surface area contributed by atoms with Crippen molar-refractivity contribution in [3.05, 3.63) is 58.7 Å². The van der Waals surface area contributed by atoms with Crippen LogP contribution in [0, 0.1) is 0 Å². The van der Waals surface area contributed by atoms with Crippen LogP contribution in [0.25, 0.3) is 0 Å². The van der Waals surface area contributed by atoms with Crippen molar-refractivity contribution >= 4 is 0 Å². The van der Waals surface area contributed by atoms with Crippen molar-refractivity contribution < 1.29 is 9.47 Å². The molecule has 2 aliphatic heterocycles. The average Bonchev–Trinajstić information content (AvgIpc) is 2.99. The Morgan fingerprint density at radius 3 is 2.62 bits per heavy atom. The lowest BCUT2D eigenvalue weighted by Gasteiger charge is -2.27. The molecule has 2 aromatic carbocycles. The molecule has 2 aromatic rings. The Labute approximate surface area is 124 Å². The first-order valence-electron chi connectivity index (χ1n) is 7.60. The van der Waals surface area contributed by atoms with Crippen molar-refractivity contribution in [2.24, 2.45) is 0 Å². The van der Waals surface area contributed by atoms with E-state index in [0.29, 0.717) is 6.79 Å². The SMILES string of the molecule is CCc1ccc(C2NCCc3cc4c(cc32)OCO4)cc1. The fraction of sp³-hybridized carbons (Fsp3) is 0.333. The summed E-state index contributed by atoms with van der Waals surface area (Å²) in [6, 6.07) is 13.4. The van der Waals surface area contributed by atoms with Crippen molar-refractivity contribution in [1.29, 1.82) is 0 Å². The number of hydrogen-bond donors (Lipinski definition) is 1. The first kappa shape index (κ1) is 12.7. The van der Waals surface area contributed by atoms with E-state index in [2.05, 4.69) is 48.6 Å². The van der Waals surface area contributed by atoms with Gasteiger partial charge in [0.1, 0.15) is 0 Å². The van der Waals surface area contributed by atoms with E-state index in [1.165, 1.54) is 22.3 Å². The van der Waals surface area contributed by atoms with E-state index in [4.69, 9.17) is 9.47 Å². The molecule has 0 bridgehead atoms. The standard InChI is InChI=1S/C18H19NO2/c1-2-12-3-5-13(6-4-12)18-15-10-17-16(20-11-21-17)9-14(15)7-8-19-18/h3-6,9-10,18-19H,2,7-8,11H2,1H3. The van der Waals surface area contributed by atoms with E-state index < -0.39 is 0 Å². The average molecular weight is 281 g/mol. The van der Waals surface area contributed by atoms with Crippen molar-refractivity contribution in [1.82, 2.24) is 5.32 Å². The molecule has 2 heterocycles. The zero-order valence-corrected chi connectivity index (χ0v) is 12.2. The first-order chi connectivity index (χ1) is 10.3. The Balaban J connectivity index is 1.75. The van der Waals surface area contributed by atoms with Gasteiger partial charge in [-0.05, 0) is 47.2 Å². The van der Waals surface area contributed by atoms with Crippen LogP contribution < -0.4 is 14.8 Å². The first-order valence-corrected chi connectivity index (χ1v) is 7.60. The number of nitrogens with one attached hydrogen (secondary N) is 1. The number of fused-ring (bicyclic) bond motifs is 2. The molecule has 0 spiro atoms. The molecule has 0 saturated heterocycles. The molecule has 108 valence electrons. The molecular weight excluding hydrogens is 262 g/mol. The van der Waals surface area contributed by atoms with Crippen LogP contribution in [0.5, 0.6) is 11.5 Å². The second-order valence-corrected chi connectivity index (χ2v) is 5.64. The monoisotopic (exact) mass is 281 g/mol. The molecule has 0 aliphatic carbocycles. The highest BCUT2D eigenvalue weighted by Gasteiger charge is 2.25. The van der Waals surface area contributed by atoms with Crippen molar-refractivity contribution in [3.8, 4) is 11.5 Å². The Morgan fingerprint density at radius 2 is 1.86 bits per heavy atom. The largest absolute Gasteiger partial charge is 0.454 e. The van der Waals surface area contributed by atoms with Crippen LogP contribution >= 0.6 is 0 Å².